The summed E-state index contributed by atoms with van der Waals surface area (Å²) in [7, 11) is 0. The van der Waals surface area contributed by atoms with Crippen molar-refractivity contribution in [1.29, 1.82) is 0 Å². The Kier molecular flexibility index (Phi) is 2.13. The number of benzene rings is 2. The third-order valence-electron chi connectivity index (χ3n) is 3.96. The molecule has 0 unspecified atom stereocenters. The van der Waals surface area contributed by atoms with E-state index in [1.807, 2.05) is 0 Å². The Balaban J connectivity index is 2.01. The first-order valence-corrected chi connectivity index (χ1v) is 6.84. The van der Waals surface area contributed by atoms with Gasteiger partial charge in [0.1, 0.15) is 0 Å². The second-order valence-electron chi connectivity index (χ2n) is 5.35. The number of fused-ring (bicyclic) bond motifs is 4. The lowest BCUT2D eigenvalue weighted by Crippen LogP contribution is -1.94. The minimum absolute atomic E-state index is 0.122. The summed E-state index contributed by atoms with van der Waals surface area (Å²) >= 11 is 0. The van der Waals surface area contributed by atoms with Crippen molar-refractivity contribution in [2.75, 3.05) is 0 Å². The second-order valence-corrected chi connectivity index (χ2v) is 5.35. The Labute approximate surface area is 129 Å². The summed E-state index contributed by atoms with van der Waals surface area (Å²) in [5.74, 6) is 0. The third-order valence-corrected chi connectivity index (χ3v) is 3.96. The lowest BCUT2D eigenvalue weighted by Gasteiger charge is -2.00. The molecule has 0 fully saturated rings. The van der Waals surface area contributed by atoms with Crippen LogP contribution in [0.5, 0.6) is 0 Å². The number of hydrogen-bond donors (Lipinski definition) is 0. The van der Waals surface area contributed by atoms with Crippen LogP contribution >= 0.6 is 0 Å². The lowest BCUT2D eigenvalue weighted by atomic mass is 10.1. The summed E-state index contributed by atoms with van der Waals surface area (Å²) < 4.78 is 9.11. The van der Waals surface area contributed by atoms with Gasteiger partial charge in [0.2, 0.25) is 0 Å². The van der Waals surface area contributed by atoms with Crippen molar-refractivity contribution in [2.45, 2.75) is 0 Å². The molecule has 0 aliphatic rings. The maximum atomic E-state index is 11.6. The van der Waals surface area contributed by atoms with Crippen molar-refractivity contribution in [1.82, 2.24) is 9.97 Å². The van der Waals surface area contributed by atoms with Crippen molar-refractivity contribution in [2.24, 2.45) is 0 Å². The van der Waals surface area contributed by atoms with E-state index < -0.39 is 22.5 Å². The molecule has 0 bridgehead atoms. The summed E-state index contributed by atoms with van der Waals surface area (Å²) in [5.41, 5.74) is -1.47. The molecule has 0 spiro atoms. The van der Waals surface area contributed by atoms with Crippen LogP contribution in [0, 0.1) is 0 Å². The highest BCUT2D eigenvalue weighted by atomic mass is 16.4. The van der Waals surface area contributed by atoms with Gasteiger partial charge in [0.05, 0.1) is 43.6 Å². The SMILES string of the molecule is O=c1oc(=O)c2cc3nc4cc5c(=O)oc(=O)c5cc4nc3cc12. The molecular weight excluding hydrogens is 316 g/mol. The van der Waals surface area contributed by atoms with Crippen LogP contribution in [0.3, 0.4) is 0 Å². The Morgan fingerprint density at radius 3 is 1.00 bits per heavy atom. The van der Waals surface area contributed by atoms with Gasteiger partial charge in [-0.1, -0.05) is 0 Å². The fourth-order valence-corrected chi connectivity index (χ4v) is 2.84. The second kappa shape index (κ2) is 3.99. The molecule has 5 aromatic rings. The zero-order valence-corrected chi connectivity index (χ0v) is 11.7. The summed E-state index contributed by atoms with van der Waals surface area (Å²) in [4.78, 5) is 55.2. The number of rotatable bonds is 0. The normalized spacial score (nSPS) is 12.0. The highest BCUT2D eigenvalue weighted by Gasteiger charge is 2.14. The van der Waals surface area contributed by atoms with Gasteiger partial charge in [-0.05, 0) is 24.3 Å². The van der Waals surface area contributed by atoms with Gasteiger partial charge >= 0.3 is 22.5 Å². The zero-order valence-electron chi connectivity index (χ0n) is 11.7. The number of nitrogens with zero attached hydrogens (tertiary/aromatic N) is 2. The zero-order chi connectivity index (χ0) is 16.6. The topological polar surface area (TPSA) is 120 Å². The molecule has 0 saturated carbocycles. The molecule has 0 saturated heterocycles. The smallest absolute Gasteiger partial charge is 0.346 e. The number of aromatic nitrogens is 2. The van der Waals surface area contributed by atoms with Crippen molar-refractivity contribution < 1.29 is 8.83 Å². The molecule has 0 aliphatic carbocycles. The predicted octanol–water partition coefficient (Wildman–Crippen LogP) is 0.592. The minimum atomic E-state index is -0.734. The van der Waals surface area contributed by atoms with Crippen LogP contribution in [0.1, 0.15) is 0 Å². The molecule has 0 amide bonds. The molecule has 5 rings (SSSR count). The molecule has 24 heavy (non-hydrogen) atoms. The molecule has 8 nitrogen and oxygen atoms in total. The maximum Gasteiger partial charge on any atom is 0.346 e. The van der Waals surface area contributed by atoms with E-state index in [2.05, 4.69) is 18.8 Å². The summed E-state index contributed by atoms with van der Waals surface area (Å²) in [6, 6.07) is 5.67. The number of furan rings is 2. The lowest BCUT2D eigenvalue weighted by molar-refractivity contribution is 0.499. The van der Waals surface area contributed by atoms with Crippen LogP contribution in [0.15, 0.2) is 52.3 Å². The van der Waals surface area contributed by atoms with Gasteiger partial charge in [-0.25, -0.2) is 29.1 Å². The number of hydrogen-bond acceptors (Lipinski definition) is 8. The van der Waals surface area contributed by atoms with E-state index in [1.54, 1.807) is 0 Å². The van der Waals surface area contributed by atoms with Gasteiger partial charge in [-0.15, -0.1) is 0 Å². The van der Waals surface area contributed by atoms with E-state index in [4.69, 9.17) is 0 Å². The van der Waals surface area contributed by atoms with Crippen molar-refractivity contribution in [3.63, 3.8) is 0 Å². The fourth-order valence-electron chi connectivity index (χ4n) is 2.84. The van der Waals surface area contributed by atoms with Crippen molar-refractivity contribution >= 4 is 43.6 Å². The quantitative estimate of drug-likeness (QED) is 0.380. The molecule has 3 heterocycles. The molecule has 0 aliphatic heterocycles. The Morgan fingerprint density at radius 2 is 0.750 bits per heavy atom. The van der Waals surface area contributed by atoms with E-state index >= 15 is 0 Å². The highest BCUT2D eigenvalue weighted by molar-refractivity contribution is 6.00. The largest absolute Gasteiger partial charge is 0.386 e. The van der Waals surface area contributed by atoms with E-state index in [9.17, 15) is 19.2 Å². The Hall–Kier alpha value is -3.68. The molecule has 3 aromatic heterocycles. The highest BCUT2D eigenvalue weighted by Crippen LogP contribution is 2.22. The van der Waals surface area contributed by atoms with Crippen LogP contribution in [0.25, 0.3) is 43.6 Å². The molecule has 8 heteroatoms. The van der Waals surface area contributed by atoms with Gasteiger partial charge in [-0.3, -0.25) is 0 Å². The van der Waals surface area contributed by atoms with E-state index in [0.29, 0.717) is 22.1 Å². The van der Waals surface area contributed by atoms with Crippen molar-refractivity contribution in [3.05, 3.63) is 65.9 Å². The molecular formula is C16H4N2O6. The van der Waals surface area contributed by atoms with Gasteiger partial charge in [0.15, 0.2) is 0 Å². The molecule has 0 radical (unpaired) electrons. The van der Waals surface area contributed by atoms with Gasteiger partial charge < -0.3 is 8.83 Å². The van der Waals surface area contributed by atoms with E-state index in [0.717, 1.165) is 0 Å². The van der Waals surface area contributed by atoms with Crippen LogP contribution in [0.4, 0.5) is 0 Å². The summed E-state index contributed by atoms with van der Waals surface area (Å²) in [6.07, 6.45) is 0. The minimum Gasteiger partial charge on any atom is -0.386 e. The first-order valence-electron chi connectivity index (χ1n) is 6.84. The standard InChI is InChI=1S/C16H4N2O6/c19-13-5-1-9-10(2-6(5)14(20)23-13)18-12-4-8-7(3-11(12)17-9)15(21)24-16(8)22/h1-4H. The first-order chi connectivity index (χ1) is 11.5. The van der Waals surface area contributed by atoms with E-state index in [1.165, 1.54) is 24.3 Å². The van der Waals surface area contributed by atoms with Crippen LogP contribution in [0.2, 0.25) is 0 Å². The van der Waals surface area contributed by atoms with Gasteiger partial charge in [0, 0.05) is 0 Å². The van der Waals surface area contributed by atoms with Gasteiger partial charge in [0.25, 0.3) is 0 Å². The fraction of sp³-hybridized carbons (Fsp3) is 0. The Bertz CT molecular complexity index is 1310. The monoisotopic (exact) mass is 320 g/mol. The van der Waals surface area contributed by atoms with E-state index in [-0.39, 0.29) is 21.5 Å². The summed E-state index contributed by atoms with van der Waals surface area (Å²) in [6.45, 7) is 0. The molecule has 0 N–H and O–H groups in total. The molecule has 2 aromatic carbocycles. The van der Waals surface area contributed by atoms with Crippen molar-refractivity contribution in [3.8, 4) is 0 Å². The predicted molar refractivity (Wildman–Crippen MR) is 84.0 cm³/mol. The maximum absolute atomic E-state index is 11.6. The van der Waals surface area contributed by atoms with Crippen LogP contribution in [-0.4, -0.2) is 9.97 Å². The van der Waals surface area contributed by atoms with Gasteiger partial charge in [-0.2, -0.15) is 0 Å². The molecule has 0 atom stereocenters. The molecule has 114 valence electrons. The summed E-state index contributed by atoms with van der Waals surface area (Å²) in [5, 5.41) is 0.489. The average molecular weight is 320 g/mol. The van der Waals surface area contributed by atoms with Crippen LogP contribution in [-0.2, 0) is 0 Å². The Morgan fingerprint density at radius 1 is 0.500 bits per heavy atom. The van der Waals surface area contributed by atoms with Crippen LogP contribution < -0.4 is 22.5 Å². The first kappa shape index (κ1) is 12.8. The average Bonchev–Trinajstić information content (AvgIpc) is 2.98. The third kappa shape index (κ3) is 1.51.